The van der Waals surface area contributed by atoms with Crippen molar-refractivity contribution in [1.29, 1.82) is 0 Å². The Morgan fingerprint density at radius 2 is 1.81 bits per heavy atom. The first-order valence-corrected chi connectivity index (χ1v) is 9.15. The molecule has 0 aliphatic rings. The van der Waals surface area contributed by atoms with Crippen LogP contribution in [0.4, 0.5) is 13.2 Å². The second-order valence-electron chi connectivity index (χ2n) is 7.24. The van der Waals surface area contributed by atoms with Gasteiger partial charge in [-0.25, -0.2) is 0 Å². The second-order valence-corrected chi connectivity index (χ2v) is 8.22. The molecule has 0 bridgehead atoms. The average Bonchev–Trinajstić information content (AvgIpc) is 2.82. The predicted molar refractivity (Wildman–Crippen MR) is 97.5 cm³/mol. The Balaban J connectivity index is 2.60. The molecule has 1 aromatic carbocycles. The van der Waals surface area contributed by atoms with Crippen molar-refractivity contribution >= 4 is 17.2 Å². The highest BCUT2D eigenvalue weighted by Gasteiger charge is 2.31. The van der Waals surface area contributed by atoms with E-state index in [1.165, 1.54) is 17.4 Å². The summed E-state index contributed by atoms with van der Waals surface area (Å²) in [5.41, 5.74) is 0.527. The molecule has 1 amide bonds. The lowest BCUT2D eigenvalue weighted by molar-refractivity contribution is -0.137. The maximum atomic E-state index is 13.0. The Hall–Kier alpha value is -1.89. The van der Waals surface area contributed by atoms with Crippen LogP contribution in [0.25, 0.3) is 0 Å². The maximum Gasteiger partial charge on any atom is 0.416 e. The third kappa shape index (κ3) is 4.09. The summed E-state index contributed by atoms with van der Waals surface area (Å²) in [7, 11) is 0. The Labute approximate surface area is 155 Å². The SMILES string of the molecule is CCn1c(C)c(C(C)(C)C)sc1=NC(=O)c1cc(C(F)(F)F)ccc1C. The number of benzene rings is 1. The highest BCUT2D eigenvalue weighted by Crippen LogP contribution is 2.31. The number of carbonyl (C=O) groups excluding carboxylic acids is 1. The van der Waals surface area contributed by atoms with Gasteiger partial charge in [0, 0.05) is 22.7 Å². The molecule has 0 radical (unpaired) electrons. The summed E-state index contributed by atoms with van der Waals surface area (Å²) in [4.78, 5) is 18.4. The molecule has 26 heavy (non-hydrogen) atoms. The Morgan fingerprint density at radius 3 is 2.31 bits per heavy atom. The average molecular weight is 384 g/mol. The molecule has 0 aliphatic carbocycles. The van der Waals surface area contributed by atoms with E-state index < -0.39 is 17.6 Å². The number of thiazole rings is 1. The molecule has 2 aromatic rings. The quantitative estimate of drug-likeness (QED) is 0.697. The number of aryl methyl sites for hydroxylation is 1. The van der Waals surface area contributed by atoms with E-state index in [1.54, 1.807) is 6.92 Å². The summed E-state index contributed by atoms with van der Waals surface area (Å²) in [6.45, 7) is 12.4. The number of halogens is 3. The van der Waals surface area contributed by atoms with Crippen LogP contribution in [0, 0.1) is 13.8 Å². The molecule has 0 saturated heterocycles. The summed E-state index contributed by atoms with van der Waals surface area (Å²) in [6.07, 6.45) is -4.50. The van der Waals surface area contributed by atoms with E-state index in [2.05, 4.69) is 25.8 Å². The van der Waals surface area contributed by atoms with Gasteiger partial charge in [-0.1, -0.05) is 26.8 Å². The van der Waals surface area contributed by atoms with Crippen LogP contribution in [0.15, 0.2) is 23.2 Å². The van der Waals surface area contributed by atoms with Crippen LogP contribution in [-0.4, -0.2) is 10.5 Å². The standard InChI is InChI=1S/C19H23F3N2OS/c1-7-24-12(3)15(18(4,5)6)26-17(24)23-16(25)14-10-13(19(20,21)22)9-8-11(14)2/h8-10H,7H2,1-6H3. The van der Waals surface area contributed by atoms with Crippen molar-refractivity contribution < 1.29 is 18.0 Å². The van der Waals surface area contributed by atoms with E-state index in [0.717, 1.165) is 22.7 Å². The maximum absolute atomic E-state index is 13.0. The van der Waals surface area contributed by atoms with Gasteiger partial charge in [0.2, 0.25) is 0 Å². The Bertz CT molecular complexity index is 899. The van der Waals surface area contributed by atoms with Crippen LogP contribution in [0.3, 0.4) is 0 Å². The molecule has 7 heteroatoms. The molecule has 0 fully saturated rings. The number of nitrogens with zero attached hydrogens (tertiary/aromatic N) is 2. The number of alkyl halides is 3. The van der Waals surface area contributed by atoms with Gasteiger partial charge in [0.05, 0.1) is 5.56 Å². The van der Waals surface area contributed by atoms with E-state index in [-0.39, 0.29) is 11.0 Å². The first kappa shape index (κ1) is 20.4. The summed E-state index contributed by atoms with van der Waals surface area (Å²) in [5, 5.41) is 0. The van der Waals surface area contributed by atoms with E-state index in [9.17, 15) is 18.0 Å². The molecule has 3 nitrogen and oxygen atoms in total. The molecule has 0 spiro atoms. The minimum Gasteiger partial charge on any atom is -0.321 e. The van der Waals surface area contributed by atoms with Crippen molar-refractivity contribution in [1.82, 2.24) is 4.57 Å². The summed E-state index contributed by atoms with van der Waals surface area (Å²) in [6, 6.07) is 3.16. The van der Waals surface area contributed by atoms with Crippen LogP contribution in [-0.2, 0) is 18.1 Å². The molecular weight excluding hydrogens is 361 g/mol. The molecule has 0 saturated carbocycles. The van der Waals surface area contributed by atoms with Crippen LogP contribution < -0.4 is 4.80 Å². The zero-order chi connectivity index (χ0) is 19.9. The first-order valence-electron chi connectivity index (χ1n) is 8.34. The summed E-state index contributed by atoms with van der Waals surface area (Å²) >= 11 is 1.41. The first-order chi connectivity index (χ1) is 11.9. The number of carbonyl (C=O) groups is 1. The molecule has 1 heterocycles. The summed E-state index contributed by atoms with van der Waals surface area (Å²) in [5.74, 6) is -0.655. The van der Waals surface area contributed by atoms with Gasteiger partial charge in [-0.3, -0.25) is 4.79 Å². The third-order valence-electron chi connectivity index (χ3n) is 4.15. The topological polar surface area (TPSA) is 34.4 Å². The van der Waals surface area contributed by atoms with E-state index in [0.29, 0.717) is 16.9 Å². The van der Waals surface area contributed by atoms with Crippen molar-refractivity contribution in [3.05, 3.63) is 50.3 Å². The van der Waals surface area contributed by atoms with Crippen LogP contribution in [0.5, 0.6) is 0 Å². The lowest BCUT2D eigenvalue weighted by Crippen LogP contribution is -2.18. The minimum absolute atomic E-state index is 0.0224. The smallest absolute Gasteiger partial charge is 0.321 e. The second kappa shape index (κ2) is 7.02. The minimum atomic E-state index is -4.50. The van der Waals surface area contributed by atoms with Gasteiger partial charge in [-0.15, -0.1) is 11.3 Å². The van der Waals surface area contributed by atoms with Gasteiger partial charge in [-0.2, -0.15) is 18.2 Å². The fourth-order valence-electron chi connectivity index (χ4n) is 2.81. The summed E-state index contributed by atoms with van der Waals surface area (Å²) < 4.78 is 40.8. The zero-order valence-electron chi connectivity index (χ0n) is 15.8. The van der Waals surface area contributed by atoms with Crippen LogP contribution in [0.1, 0.15) is 59.8 Å². The largest absolute Gasteiger partial charge is 0.416 e. The van der Waals surface area contributed by atoms with Gasteiger partial charge >= 0.3 is 6.18 Å². The fraction of sp³-hybridized carbons (Fsp3) is 0.474. The number of amides is 1. The van der Waals surface area contributed by atoms with E-state index in [1.807, 2.05) is 18.4 Å². The van der Waals surface area contributed by atoms with Gasteiger partial charge in [0.25, 0.3) is 5.91 Å². The van der Waals surface area contributed by atoms with Gasteiger partial charge in [0.15, 0.2) is 4.80 Å². The van der Waals surface area contributed by atoms with Gasteiger partial charge in [0.1, 0.15) is 0 Å². The van der Waals surface area contributed by atoms with Crippen molar-refractivity contribution in [2.75, 3.05) is 0 Å². The Kier molecular flexibility index (Phi) is 5.52. The van der Waals surface area contributed by atoms with Crippen molar-refractivity contribution in [3.63, 3.8) is 0 Å². The molecule has 0 unspecified atom stereocenters. The number of aromatic nitrogens is 1. The molecule has 0 N–H and O–H groups in total. The van der Waals surface area contributed by atoms with E-state index >= 15 is 0 Å². The van der Waals surface area contributed by atoms with Crippen molar-refractivity contribution in [2.45, 2.75) is 59.7 Å². The highest BCUT2D eigenvalue weighted by atomic mass is 32.1. The molecular formula is C19H23F3N2OS. The number of hydrogen-bond acceptors (Lipinski definition) is 2. The zero-order valence-corrected chi connectivity index (χ0v) is 16.6. The highest BCUT2D eigenvalue weighted by molar-refractivity contribution is 7.09. The predicted octanol–water partition coefficient (Wildman–Crippen LogP) is 5.24. The molecule has 1 aromatic heterocycles. The van der Waals surface area contributed by atoms with E-state index in [4.69, 9.17) is 0 Å². The number of hydrogen-bond donors (Lipinski definition) is 0. The monoisotopic (exact) mass is 384 g/mol. The van der Waals surface area contributed by atoms with Crippen molar-refractivity contribution in [3.8, 4) is 0 Å². The molecule has 2 rings (SSSR count). The molecule has 0 aliphatic heterocycles. The fourth-order valence-corrected chi connectivity index (χ4v) is 4.06. The lowest BCUT2D eigenvalue weighted by atomic mass is 9.93. The van der Waals surface area contributed by atoms with Gasteiger partial charge in [-0.05, 0) is 43.9 Å². The Morgan fingerprint density at radius 1 is 1.19 bits per heavy atom. The van der Waals surface area contributed by atoms with Crippen LogP contribution >= 0.6 is 11.3 Å². The van der Waals surface area contributed by atoms with Crippen LogP contribution in [0.2, 0.25) is 0 Å². The van der Waals surface area contributed by atoms with Gasteiger partial charge < -0.3 is 4.57 Å². The normalized spacial score (nSPS) is 13.3. The molecule has 142 valence electrons. The van der Waals surface area contributed by atoms with Crippen molar-refractivity contribution in [2.24, 2.45) is 4.99 Å². The lowest BCUT2D eigenvalue weighted by Gasteiger charge is -2.17. The number of rotatable bonds is 2. The molecule has 0 atom stereocenters. The third-order valence-corrected chi connectivity index (χ3v) is 5.75.